The highest BCUT2D eigenvalue weighted by Gasteiger charge is 2.36. The molecule has 1 amide bonds. The number of carbonyl (C=O) groups is 2. The normalized spacial score (nSPS) is 21.0. The van der Waals surface area contributed by atoms with Gasteiger partial charge in [0.05, 0.1) is 17.6 Å². The van der Waals surface area contributed by atoms with Gasteiger partial charge in [0.1, 0.15) is 0 Å². The van der Waals surface area contributed by atoms with E-state index in [4.69, 9.17) is 4.74 Å². The van der Waals surface area contributed by atoms with Gasteiger partial charge in [-0.3, -0.25) is 4.79 Å². The van der Waals surface area contributed by atoms with Crippen molar-refractivity contribution in [2.75, 3.05) is 25.0 Å². The molecule has 1 fully saturated rings. The summed E-state index contributed by atoms with van der Waals surface area (Å²) in [7, 11) is 0. The number of hydrogen-bond acceptors (Lipinski definition) is 4. The molecule has 2 N–H and O–H groups in total. The van der Waals surface area contributed by atoms with Crippen molar-refractivity contribution in [3.63, 3.8) is 0 Å². The SMILES string of the molecule is CCCOC(=O)c1ccc(NC(=O)C2(C)CCNC2)cc1. The summed E-state index contributed by atoms with van der Waals surface area (Å²) in [5.41, 5.74) is 0.828. The number of ether oxygens (including phenoxy) is 1. The van der Waals surface area contributed by atoms with Crippen LogP contribution in [0.5, 0.6) is 0 Å². The van der Waals surface area contributed by atoms with Gasteiger partial charge in [0.2, 0.25) is 5.91 Å². The van der Waals surface area contributed by atoms with E-state index in [0.717, 1.165) is 19.4 Å². The minimum atomic E-state index is -0.362. The second-order valence-corrected chi connectivity index (χ2v) is 5.65. The molecule has 1 heterocycles. The fourth-order valence-corrected chi connectivity index (χ4v) is 2.26. The van der Waals surface area contributed by atoms with E-state index in [9.17, 15) is 9.59 Å². The maximum atomic E-state index is 12.3. The molecule has 0 aromatic heterocycles. The first-order valence-corrected chi connectivity index (χ1v) is 7.34. The van der Waals surface area contributed by atoms with Crippen LogP contribution in [0.4, 0.5) is 5.69 Å². The van der Waals surface area contributed by atoms with E-state index in [0.29, 0.717) is 24.4 Å². The lowest BCUT2D eigenvalue weighted by atomic mass is 9.89. The number of esters is 1. The van der Waals surface area contributed by atoms with Gasteiger partial charge in [-0.15, -0.1) is 0 Å². The third kappa shape index (κ3) is 3.82. The molecular formula is C16H22N2O3. The second-order valence-electron chi connectivity index (χ2n) is 5.65. The minimum absolute atomic E-state index is 0.00816. The minimum Gasteiger partial charge on any atom is -0.462 e. The molecule has 0 spiro atoms. The van der Waals surface area contributed by atoms with E-state index >= 15 is 0 Å². The van der Waals surface area contributed by atoms with Crippen LogP contribution in [-0.2, 0) is 9.53 Å². The van der Waals surface area contributed by atoms with Gasteiger partial charge in [0.15, 0.2) is 0 Å². The van der Waals surface area contributed by atoms with Crippen molar-refractivity contribution >= 4 is 17.6 Å². The van der Waals surface area contributed by atoms with Gasteiger partial charge in [-0.25, -0.2) is 4.79 Å². The number of nitrogens with one attached hydrogen (secondary N) is 2. The molecule has 2 rings (SSSR count). The summed E-state index contributed by atoms with van der Waals surface area (Å²) < 4.78 is 5.06. The van der Waals surface area contributed by atoms with E-state index in [-0.39, 0.29) is 17.3 Å². The predicted molar refractivity (Wildman–Crippen MR) is 81.2 cm³/mol. The number of benzene rings is 1. The first-order valence-electron chi connectivity index (χ1n) is 7.34. The van der Waals surface area contributed by atoms with Crippen molar-refractivity contribution in [3.05, 3.63) is 29.8 Å². The Labute approximate surface area is 125 Å². The third-order valence-corrected chi connectivity index (χ3v) is 3.73. The highest BCUT2D eigenvalue weighted by atomic mass is 16.5. The molecule has 1 atom stereocenters. The molecule has 0 bridgehead atoms. The zero-order chi connectivity index (χ0) is 15.3. The van der Waals surface area contributed by atoms with Crippen molar-refractivity contribution in [1.82, 2.24) is 5.32 Å². The van der Waals surface area contributed by atoms with E-state index in [1.54, 1.807) is 24.3 Å². The number of hydrogen-bond donors (Lipinski definition) is 2. The molecule has 0 aliphatic carbocycles. The molecule has 1 aliphatic rings. The molecular weight excluding hydrogens is 268 g/mol. The van der Waals surface area contributed by atoms with Crippen LogP contribution in [0.25, 0.3) is 0 Å². The quantitative estimate of drug-likeness (QED) is 0.816. The largest absolute Gasteiger partial charge is 0.462 e. The van der Waals surface area contributed by atoms with Crippen LogP contribution in [0, 0.1) is 5.41 Å². The van der Waals surface area contributed by atoms with Crippen molar-refractivity contribution < 1.29 is 14.3 Å². The molecule has 1 unspecified atom stereocenters. The molecule has 21 heavy (non-hydrogen) atoms. The van der Waals surface area contributed by atoms with Crippen LogP contribution in [0.15, 0.2) is 24.3 Å². The van der Waals surface area contributed by atoms with Gasteiger partial charge in [-0.1, -0.05) is 6.92 Å². The van der Waals surface area contributed by atoms with E-state index in [1.807, 2.05) is 13.8 Å². The smallest absolute Gasteiger partial charge is 0.338 e. The molecule has 1 aromatic carbocycles. The van der Waals surface area contributed by atoms with E-state index in [1.165, 1.54) is 0 Å². The Kier molecular flexibility index (Phi) is 4.96. The molecule has 1 aromatic rings. The molecule has 1 saturated heterocycles. The van der Waals surface area contributed by atoms with Crippen LogP contribution < -0.4 is 10.6 Å². The van der Waals surface area contributed by atoms with Crippen LogP contribution in [-0.4, -0.2) is 31.6 Å². The van der Waals surface area contributed by atoms with Gasteiger partial charge >= 0.3 is 5.97 Å². The van der Waals surface area contributed by atoms with E-state index in [2.05, 4.69) is 10.6 Å². The summed E-state index contributed by atoms with van der Waals surface area (Å²) in [5.74, 6) is -0.324. The fourth-order valence-electron chi connectivity index (χ4n) is 2.26. The van der Waals surface area contributed by atoms with Crippen molar-refractivity contribution in [1.29, 1.82) is 0 Å². The van der Waals surface area contributed by atoms with Crippen LogP contribution in [0.1, 0.15) is 37.0 Å². The van der Waals surface area contributed by atoms with Crippen LogP contribution in [0.2, 0.25) is 0 Å². The summed E-state index contributed by atoms with van der Waals surface area (Å²) in [6, 6.07) is 6.80. The summed E-state index contributed by atoms with van der Waals surface area (Å²) in [4.78, 5) is 23.9. The summed E-state index contributed by atoms with van der Waals surface area (Å²) >= 11 is 0. The lowest BCUT2D eigenvalue weighted by Crippen LogP contribution is -2.35. The highest BCUT2D eigenvalue weighted by molar-refractivity contribution is 5.96. The fraction of sp³-hybridized carbons (Fsp3) is 0.500. The lowest BCUT2D eigenvalue weighted by Gasteiger charge is -2.21. The maximum absolute atomic E-state index is 12.3. The Bertz CT molecular complexity index is 505. The van der Waals surface area contributed by atoms with Crippen molar-refractivity contribution in [3.8, 4) is 0 Å². The first-order chi connectivity index (χ1) is 10.0. The molecule has 1 aliphatic heterocycles. The van der Waals surface area contributed by atoms with Gasteiger partial charge in [-0.2, -0.15) is 0 Å². The van der Waals surface area contributed by atoms with Crippen LogP contribution in [0.3, 0.4) is 0 Å². The summed E-state index contributed by atoms with van der Waals surface area (Å²) in [5, 5.41) is 6.10. The molecule has 5 nitrogen and oxygen atoms in total. The Balaban J connectivity index is 1.96. The van der Waals surface area contributed by atoms with Crippen molar-refractivity contribution in [2.45, 2.75) is 26.7 Å². The zero-order valence-electron chi connectivity index (χ0n) is 12.6. The van der Waals surface area contributed by atoms with Crippen LogP contribution >= 0.6 is 0 Å². The number of amides is 1. The first kappa shape index (κ1) is 15.5. The Morgan fingerprint density at radius 1 is 1.33 bits per heavy atom. The van der Waals surface area contributed by atoms with Gasteiger partial charge in [0.25, 0.3) is 0 Å². The number of rotatable bonds is 5. The lowest BCUT2D eigenvalue weighted by molar-refractivity contribution is -0.123. The Morgan fingerprint density at radius 2 is 2.05 bits per heavy atom. The van der Waals surface area contributed by atoms with Gasteiger partial charge in [-0.05, 0) is 50.6 Å². The van der Waals surface area contributed by atoms with Gasteiger partial charge < -0.3 is 15.4 Å². The average molecular weight is 290 g/mol. The number of anilines is 1. The summed E-state index contributed by atoms with van der Waals surface area (Å²) in [6.45, 7) is 5.89. The summed E-state index contributed by atoms with van der Waals surface area (Å²) in [6.07, 6.45) is 1.63. The third-order valence-electron chi connectivity index (χ3n) is 3.73. The molecule has 114 valence electrons. The average Bonchev–Trinajstić information content (AvgIpc) is 2.94. The molecule has 0 radical (unpaired) electrons. The Hall–Kier alpha value is -1.88. The number of carbonyl (C=O) groups excluding carboxylic acids is 2. The standard InChI is InChI=1S/C16H22N2O3/c1-3-10-21-14(19)12-4-6-13(7-5-12)18-15(20)16(2)8-9-17-11-16/h4-7,17H,3,8-11H2,1-2H3,(H,18,20). The second kappa shape index (κ2) is 6.72. The predicted octanol–water partition coefficient (Wildman–Crippen LogP) is 2.19. The molecule has 5 heteroatoms. The van der Waals surface area contributed by atoms with Gasteiger partial charge in [0, 0.05) is 12.2 Å². The van der Waals surface area contributed by atoms with E-state index < -0.39 is 0 Å². The maximum Gasteiger partial charge on any atom is 0.338 e. The highest BCUT2D eigenvalue weighted by Crippen LogP contribution is 2.26. The monoisotopic (exact) mass is 290 g/mol. The zero-order valence-corrected chi connectivity index (χ0v) is 12.6. The van der Waals surface area contributed by atoms with Crippen molar-refractivity contribution in [2.24, 2.45) is 5.41 Å². The topological polar surface area (TPSA) is 67.4 Å². The molecule has 0 saturated carbocycles. The Morgan fingerprint density at radius 3 is 2.62 bits per heavy atom.